The lowest BCUT2D eigenvalue weighted by molar-refractivity contribution is -0.389. The predicted octanol–water partition coefficient (Wildman–Crippen LogP) is 0.679. The molecule has 0 saturated heterocycles. The summed E-state index contributed by atoms with van der Waals surface area (Å²) < 4.78 is 26.0. The van der Waals surface area contributed by atoms with Crippen molar-refractivity contribution < 1.29 is 23.6 Å². The van der Waals surface area contributed by atoms with Gasteiger partial charge in [0, 0.05) is 6.42 Å². The topological polar surface area (TPSA) is 109 Å². The van der Waals surface area contributed by atoms with Gasteiger partial charge in [-0.15, -0.1) is 5.10 Å². The summed E-state index contributed by atoms with van der Waals surface area (Å²) in [5.74, 6) is -5.76. The molecule has 2 rings (SSSR count). The Balaban J connectivity index is 2.43. The fraction of sp³-hybridized carbons (Fsp3) is 0.429. The maximum Gasteiger partial charge on any atom is 0.342 e. The first-order chi connectivity index (χ1) is 7.31. The molecule has 2 N–H and O–H groups in total. The van der Waals surface area contributed by atoms with Gasteiger partial charge >= 0.3 is 11.8 Å². The Morgan fingerprint density at radius 1 is 1.69 bits per heavy atom. The second kappa shape index (κ2) is 2.74. The highest BCUT2D eigenvalue weighted by atomic mass is 19.3. The zero-order valence-electron chi connectivity index (χ0n) is 7.61. The SMILES string of the molecule is O=C(O)C1(c2cc([N+](=O)[O-])[nH]n2)CC1(F)F. The standard InChI is InChI=1S/C7H5F2N3O4/c8-7(9)2-6(7,5(13)14)3-1-4(11-10-3)12(15)16/h1H,2H2,(H,10,11)(H,13,14). The first-order valence-corrected chi connectivity index (χ1v) is 4.13. The van der Waals surface area contributed by atoms with E-state index in [2.05, 4.69) is 5.10 Å². The Bertz CT molecular complexity index is 486. The summed E-state index contributed by atoms with van der Waals surface area (Å²) in [6.07, 6.45) is -0.892. The summed E-state index contributed by atoms with van der Waals surface area (Å²) in [7, 11) is 0. The van der Waals surface area contributed by atoms with Crippen molar-refractivity contribution in [2.45, 2.75) is 17.8 Å². The minimum atomic E-state index is -3.41. The van der Waals surface area contributed by atoms with Gasteiger partial charge in [0.2, 0.25) is 0 Å². The predicted molar refractivity (Wildman–Crippen MR) is 44.1 cm³/mol. The van der Waals surface area contributed by atoms with Gasteiger partial charge < -0.3 is 15.2 Å². The van der Waals surface area contributed by atoms with Crippen LogP contribution in [-0.2, 0) is 10.2 Å². The van der Waals surface area contributed by atoms with Crippen LogP contribution in [0.1, 0.15) is 12.1 Å². The third kappa shape index (κ3) is 1.11. The molecule has 86 valence electrons. The normalized spacial score (nSPS) is 26.4. The van der Waals surface area contributed by atoms with Crippen LogP contribution in [0.15, 0.2) is 6.07 Å². The Hall–Kier alpha value is -2.06. The summed E-state index contributed by atoms with van der Waals surface area (Å²) >= 11 is 0. The number of rotatable bonds is 3. The molecule has 1 aliphatic carbocycles. The number of halogens is 2. The van der Waals surface area contributed by atoms with Crippen LogP contribution in [0.25, 0.3) is 0 Å². The Morgan fingerprint density at radius 3 is 2.56 bits per heavy atom. The van der Waals surface area contributed by atoms with Gasteiger partial charge in [-0.3, -0.25) is 4.79 Å². The zero-order chi connectivity index (χ0) is 12.1. The molecule has 0 aromatic carbocycles. The second-order valence-corrected chi connectivity index (χ2v) is 3.49. The summed E-state index contributed by atoms with van der Waals surface area (Å²) in [4.78, 5) is 20.2. The second-order valence-electron chi connectivity index (χ2n) is 3.49. The number of carboxylic acid groups (broad SMARTS) is 1. The fourth-order valence-corrected chi connectivity index (χ4v) is 1.53. The van der Waals surface area contributed by atoms with E-state index in [0.717, 1.165) is 6.07 Å². The Labute approximate surface area is 86.2 Å². The molecule has 16 heavy (non-hydrogen) atoms. The molecule has 1 saturated carbocycles. The fourth-order valence-electron chi connectivity index (χ4n) is 1.53. The summed E-state index contributed by atoms with van der Waals surface area (Å²) in [6, 6.07) is 0.717. The smallest absolute Gasteiger partial charge is 0.342 e. The number of aliphatic carboxylic acids is 1. The first-order valence-electron chi connectivity index (χ1n) is 4.13. The maximum absolute atomic E-state index is 13.0. The van der Waals surface area contributed by atoms with Gasteiger partial charge in [0.25, 0.3) is 5.92 Å². The highest BCUT2D eigenvalue weighted by Crippen LogP contribution is 2.61. The number of carbonyl (C=O) groups is 1. The Kier molecular flexibility index (Phi) is 1.79. The number of nitrogens with zero attached hydrogens (tertiary/aromatic N) is 2. The van der Waals surface area contributed by atoms with Crippen molar-refractivity contribution in [3.63, 3.8) is 0 Å². The van der Waals surface area contributed by atoms with Crippen LogP contribution in [0.2, 0.25) is 0 Å². The molecular weight excluding hydrogens is 228 g/mol. The number of hydrogen-bond acceptors (Lipinski definition) is 4. The third-order valence-electron chi connectivity index (χ3n) is 2.55. The van der Waals surface area contributed by atoms with Crippen LogP contribution in [0.5, 0.6) is 0 Å². The quantitative estimate of drug-likeness (QED) is 0.589. The van der Waals surface area contributed by atoms with Gasteiger partial charge in [-0.05, 0) is 4.92 Å². The van der Waals surface area contributed by atoms with Crippen LogP contribution in [-0.4, -0.2) is 32.1 Å². The highest BCUT2D eigenvalue weighted by molar-refractivity contribution is 5.87. The lowest BCUT2D eigenvalue weighted by Crippen LogP contribution is -2.27. The molecule has 1 aromatic rings. The Morgan fingerprint density at radius 2 is 2.25 bits per heavy atom. The van der Waals surface area contributed by atoms with E-state index in [0.29, 0.717) is 0 Å². The zero-order valence-corrected chi connectivity index (χ0v) is 7.61. The lowest BCUT2D eigenvalue weighted by atomic mass is 10.0. The number of hydrogen-bond donors (Lipinski definition) is 2. The molecule has 1 aromatic heterocycles. The van der Waals surface area contributed by atoms with E-state index in [1.165, 1.54) is 0 Å². The maximum atomic E-state index is 13.0. The van der Waals surface area contributed by atoms with Gasteiger partial charge in [0.05, 0.1) is 6.07 Å². The molecule has 0 amide bonds. The number of alkyl halides is 2. The van der Waals surface area contributed by atoms with Crippen molar-refractivity contribution in [3.8, 4) is 0 Å². The van der Waals surface area contributed by atoms with Crippen molar-refractivity contribution in [2.24, 2.45) is 0 Å². The number of aromatic amines is 1. The molecule has 0 spiro atoms. The van der Waals surface area contributed by atoms with Gasteiger partial charge in [-0.25, -0.2) is 8.78 Å². The minimum absolute atomic E-state index is 0.517. The van der Waals surface area contributed by atoms with Gasteiger partial charge in [0.15, 0.2) is 5.41 Å². The number of carboxylic acids is 1. The van der Waals surface area contributed by atoms with Crippen LogP contribution < -0.4 is 0 Å². The lowest BCUT2D eigenvalue weighted by Gasteiger charge is -2.05. The van der Waals surface area contributed by atoms with Gasteiger partial charge in [-0.1, -0.05) is 5.10 Å². The van der Waals surface area contributed by atoms with Crippen LogP contribution >= 0.6 is 0 Å². The van der Waals surface area contributed by atoms with Crippen LogP contribution in [0.4, 0.5) is 14.6 Å². The molecule has 1 aliphatic rings. The van der Waals surface area contributed by atoms with Gasteiger partial charge in [0.1, 0.15) is 5.69 Å². The monoisotopic (exact) mass is 233 g/mol. The van der Waals surface area contributed by atoms with Crippen molar-refractivity contribution in [1.82, 2.24) is 10.2 Å². The molecule has 1 atom stereocenters. The van der Waals surface area contributed by atoms with Crippen molar-refractivity contribution >= 4 is 11.8 Å². The number of nitrogens with one attached hydrogen (secondary N) is 1. The molecule has 1 heterocycles. The first kappa shape index (κ1) is 10.5. The average molecular weight is 233 g/mol. The van der Waals surface area contributed by atoms with E-state index in [1.54, 1.807) is 0 Å². The number of aromatic nitrogens is 2. The molecular formula is C7H5F2N3O4. The van der Waals surface area contributed by atoms with Gasteiger partial charge in [-0.2, -0.15) is 0 Å². The van der Waals surface area contributed by atoms with E-state index < -0.39 is 40.2 Å². The molecule has 0 aliphatic heterocycles. The molecule has 7 nitrogen and oxygen atoms in total. The van der Waals surface area contributed by atoms with Crippen LogP contribution in [0, 0.1) is 10.1 Å². The molecule has 1 unspecified atom stereocenters. The van der Waals surface area contributed by atoms with E-state index in [9.17, 15) is 23.7 Å². The van der Waals surface area contributed by atoms with E-state index in [-0.39, 0.29) is 0 Å². The van der Waals surface area contributed by atoms with Crippen molar-refractivity contribution in [1.29, 1.82) is 0 Å². The molecule has 9 heteroatoms. The van der Waals surface area contributed by atoms with Crippen LogP contribution in [0.3, 0.4) is 0 Å². The van der Waals surface area contributed by atoms with Crippen molar-refractivity contribution in [3.05, 3.63) is 21.9 Å². The van der Waals surface area contributed by atoms with E-state index >= 15 is 0 Å². The minimum Gasteiger partial charge on any atom is -0.480 e. The summed E-state index contributed by atoms with van der Waals surface area (Å²) in [6.45, 7) is 0. The van der Waals surface area contributed by atoms with Crippen molar-refractivity contribution in [2.75, 3.05) is 0 Å². The highest BCUT2D eigenvalue weighted by Gasteiger charge is 2.79. The summed E-state index contributed by atoms with van der Waals surface area (Å²) in [5.41, 5.74) is -2.94. The van der Waals surface area contributed by atoms with E-state index in [4.69, 9.17) is 5.11 Å². The number of nitro groups is 1. The average Bonchev–Trinajstić information content (AvgIpc) is 2.61. The largest absolute Gasteiger partial charge is 0.480 e. The molecule has 0 radical (unpaired) electrons. The number of H-pyrrole nitrogens is 1. The van der Waals surface area contributed by atoms with E-state index in [1.807, 2.05) is 5.10 Å². The molecule has 1 fully saturated rings. The molecule has 0 bridgehead atoms. The summed E-state index contributed by atoms with van der Waals surface area (Å²) in [5, 5.41) is 24.2. The third-order valence-corrected chi connectivity index (χ3v) is 2.55.